The number of halogens is 1. The molecule has 2 rings (SSSR count). The van der Waals surface area contributed by atoms with E-state index >= 15 is 0 Å². The molecular formula is C13H17BrO4. The first-order chi connectivity index (χ1) is 8.44. The monoisotopic (exact) mass is 316 g/mol. The van der Waals surface area contributed by atoms with E-state index < -0.39 is 28.9 Å². The third kappa shape index (κ3) is 2.60. The predicted octanol–water partition coefficient (Wildman–Crippen LogP) is 0.822. The Bertz CT molecular complexity index is 399. The van der Waals surface area contributed by atoms with Crippen LogP contribution in [0.2, 0.25) is 0 Å². The van der Waals surface area contributed by atoms with Gasteiger partial charge in [0.25, 0.3) is 0 Å². The number of hydrogen-bond acceptors (Lipinski definition) is 4. The Morgan fingerprint density at radius 1 is 1.17 bits per heavy atom. The summed E-state index contributed by atoms with van der Waals surface area (Å²) in [6.45, 7) is 1.67. The largest absolute Gasteiger partial charge is 0.388 e. The van der Waals surface area contributed by atoms with Crippen molar-refractivity contribution in [1.29, 1.82) is 0 Å². The van der Waals surface area contributed by atoms with E-state index in [1.54, 1.807) is 6.92 Å². The molecule has 0 bridgehead atoms. The number of aliphatic hydroxyl groups excluding tert-OH is 3. The van der Waals surface area contributed by atoms with Crippen molar-refractivity contribution in [2.45, 2.75) is 42.3 Å². The minimum absolute atomic E-state index is 0.406. The molecule has 0 radical (unpaired) electrons. The van der Waals surface area contributed by atoms with Gasteiger partial charge in [-0.15, -0.1) is 0 Å². The molecule has 0 amide bonds. The van der Waals surface area contributed by atoms with E-state index in [2.05, 4.69) is 15.9 Å². The van der Waals surface area contributed by atoms with Crippen molar-refractivity contribution >= 4 is 15.9 Å². The summed E-state index contributed by atoms with van der Waals surface area (Å²) >= 11 is 3.36. The average Bonchev–Trinajstić information content (AvgIpc) is 2.35. The van der Waals surface area contributed by atoms with E-state index in [4.69, 9.17) is 4.74 Å². The van der Waals surface area contributed by atoms with Crippen molar-refractivity contribution in [3.8, 4) is 0 Å². The molecule has 1 heterocycles. The van der Waals surface area contributed by atoms with Gasteiger partial charge < -0.3 is 20.1 Å². The molecule has 1 aromatic rings. The third-order valence-electron chi connectivity index (χ3n) is 3.27. The van der Waals surface area contributed by atoms with Crippen LogP contribution in [-0.4, -0.2) is 44.2 Å². The van der Waals surface area contributed by atoms with Gasteiger partial charge in [0, 0.05) is 6.42 Å². The Kier molecular flexibility index (Phi) is 4.08. The third-order valence-corrected chi connectivity index (χ3v) is 4.20. The number of rotatable bonds is 2. The fraction of sp³-hybridized carbons (Fsp3) is 0.538. The van der Waals surface area contributed by atoms with Crippen LogP contribution < -0.4 is 0 Å². The average molecular weight is 317 g/mol. The van der Waals surface area contributed by atoms with Crippen LogP contribution in [0.25, 0.3) is 0 Å². The Balaban J connectivity index is 2.19. The van der Waals surface area contributed by atoms with Gasteiger partial charge in [-0.05, 0) is 12.5 Å². The summed E-state index contributed by atoms with van der Waals surface area (Å²) < 4.78 is 4.55. The zero-order chi connectivity index (χ0) is 13.3. The van der Waals surface area contributed by atoms with Crippen LogP contribution in [0, 0.1) is 0 Å². The van der Waals surface area contributed by atoms with Crippen LogP contribution >= 0.6 is 15.9 Å². The number of ether oxygens (including phenoxy) is 1. The SMILES string of the molecule is C[C@@H]1OC(Br)(Cc2ccccc2)[C@@H](O)[C@H](O)[C@@H]1O. The number of hydrogen-bond donors (Lipinski definition) is 3. The molecule has 100 valence electrons. The van der Waals surface area contributed by atoms with E-state index in [0.717, 1.165) is 5.56 Å². The molecule has 5 atom stereocenters. The molecule has 1 aliphatic rings. The minimum Gasteiger partial charge on any atom is -0.388 e. The van der Waals surface area contributed by atoms with E-state index in [0.29, 0.717) is 6.42 Å². The van der Waals surface area contributed by atoms with Crippen molar-refractivity contribution in [3.63, 3.8) is 0 Å². The van der Waals surface area contributed by atoms with Crippen molar-refractivity contribution in [3.05, 3.63) is 35.9 Å². The fourth-order valence-electron chi connectivity index (χ4n) is 2.19. The van der Waals surface area contributed by atoms with Gasteiger partial charge >= 0.3 is 0 Å². The predicted molar refractivity (Wildman–Crippen MR) is 70.4 cm³/mol. The highest BCUT2D eigenvalue weighted by molar-refractivity contribution is 9.10. The quantitative estimate of drug-likeness (QED) is 0.707. The molecule has 5 heteroatoms. The maximum Gasteiger partial charge on any atom is 0.155 e. The molecule has 1 fully saturated rings. The molecule has 18 heavy (non-hydrogen) atoms. The molecule has 1 aliphatic heterocycles. The lowest BCUT2D eigenvalue weighted by Gasteiger charge is -2.45. The lowest BCUT2D eigenvalue weighted by atomic mass is 9.92. The van der Waals surface area contributed by atoms with E-state index in [1.165, 1.54) is 0 Å². The van der Waals surface area contributed by atoms with Crippen LogP contribution in [0.5, 0.6) is 0 Å². The summed E-state index contributed by atoms with van der Waals surface area (Å²) in [7, 11) is 0. The Labute approximate surface area is 114 Å². The van der Waals surface area contributed by atoms with Crippen LogP contribution in [0.15, 0.2) is 30.3 Å². The second-order valence-corrected chi connectivity index (χ2v) is 6.04. The molecule has 0 saturated carbocycles. The maximum absolute atomic E-state index is 10.1. The van der Waals surface area contributed by atoms with Gasteiger partial charge in [-0.3, -0.25) is 0 Å². The summed E-state index contributed by atoms with van der Waals surface area (Å²) in [6, 6.07) is 9.54. The molecule has 1 unspecified atom stereocenters. The summed E-state index contributed by atoms with van der Waals surface area (Å²) in [5, 5.41) is 29.5. The first kappa shape index (κ1) is 14.0. The van der Waals surface area contributed by atoms with Gasteiger partial charge in [-0.2, -0.15) is 0 Å². The Morgan fingerprint density at radius 3 is 2.39 bits per heavy atom. The highest BCUT2D eigenvalue weighted by atomic mass is 79.9. The van der Waals surface area contributed by atoms with Crippen LogP contribution in [0.4, 0.5) is 0 Å². The molecule has 1 aromatic carbocycles. The van der Waals surface area contributed by atoms with Crippen LogP contribution in [0.3, 0.4) is 0 Å². The van der Waals surface area contributed by atoms with Crippen LogP contribution in [-0.2, 0) is 11.2 Å². The second kappa shape index (κ2) is 5.27. The molecule has 0 spiro atoms. The first-order valence-electron chi connectivity index (χ1n) is 5.89. The normalized spacial score (nSPS) is 40.7. The summed E-state index contributed by atoms with van der Waals surface area (Å²) in [5.74, 6) is 0. The lowest BCUT2D eigenvalue weighted by Crippen LogP contribution is -2.61. The second-order valence-electron chi connectivity index (χ2n) is 4.70. The molecule has 1 saturated heterocycles. The minimum atomic E-state index is -1.23. The van der Waals surface area contributed by atoms with Crippen molar-refractivity contribution < 1.29 is 20.1 Å². The van der Waals surface area contributed by atoms with Crippen molar-refractivity contribution in [2.24, 2.45) is 0 Å². The van der Waals surface area contributed by atoms with Gasteiger partial charge in [0.15, 0.2) is 4.51 Å². The standard InChI is InChI=1S/C13H17BrO4/c1-8-10(15)11(16)12(17)13(14,18-8)7-9-5-3-2-4-6-9/h2-6,8,10-12,15-17H,7H2,1H3/t8-,10+,11+,12-,13?/m0/s1. The van der Waals surface area contributed by atoms with E-state index in [9.17, 15) is 15.3 Å². The summed E-state index contributed by atoms with van der Waals surface area (Å²) in [6.07, 6.45) is -3.64. The molecule has 0 aliphatic carbocycles. The fourth-order valence-corrected chi connectivity index (χ4v) is 3.08. The number of alkyl halides is 1. The Morgan fingerprint density at radius 2 is 1.78 bits per heavy atom. The molecule has 4 nitrogen and oxygen atoms in total. The van der Waals surface area contributed by atoms with Crippen molar-refractivity contribution in [1.82, 2.24) is 0 Å². The highest BCUT2D eigenvalue weighted by Crippen LogP contribution is 2.37. The van der Waals surface area contributed by atoms with Gasteiger partial charge in [-0.25, -0.2) is 0 Å². The van der Waals surface area contributed by atoms with Gasteiger partial charge in [0.1, 0.15) is 18.3 Å². The maximum atomic E-state index is 10.1. The zero-order valence-electron chi connectivity index (χ0n) is 10.0. The van der Waals surface area contributed by atoms with Gasteiger partial charge in [-0.1, -0.05) is 46.3 Å². The topological polar surface area (TPSA) is 69.9 Å². The smallest absolute Gasteiger partial charge is 0.155 e. The Hall–Kier alpha value is -0.460. The van der Waals surface area contributed by atoms with Crippen LogP contribution in [0.1, 0.15) is 12.5 Å². The summed E-state index contributed by atoms with van der Waals surface area (Å²) in [5.41, 5.74) is 0.976. The first-order valence-corrected chi connectivity index (χ1v) is 6.68. The lowest BCUT2D eigenvalue weighted by molar-refractivity contribution is -0.227. The zero-order valence-corrected chi connectivity index (χ0v) is 11.6. The molecule has 3 N–H and O–H groups in total. The van der Waals surface area contributed by atoms with E-state index in [-0.39, 0.29) is 0 Å². The highest BCUT2D eigenvalue weighted by Gasteiger charge is 2.50. The number of aliphatic hydroxyl groups is 3. The molecular weight excluding hydrogens is 300 g/mol. The van der Waals surface area contributed by atoms with E-state index in [1.807, 2.05) is 30.3 Å². The molecule has 0 aromatic heterocycles. The summed E-state index contributed by atoms with van der Waals surface area (Å²) in [4.78, 5) is 0. The van der Waals surface area contributed by atoms with Crippen molar-refractivity contribution in [2.75, 3.05) is 0 Å². The van der Waals surface area contributed by atoms with Gasteiger partial charge in [0.2, 0.25) is 0 Å². The number of benzene rings is 1. The van der Waals surface area contributed by atoms with Gasteiger partial charge in [0.05, 0.1) is 6.10 Å².